The van der Waals surface area contributed by atoms with Crippen molar-refractivity contribution in [1.82, 2.24) is 0 Å². The maximum atomic E-state index is 9.36. The molecular formula is C13H17BrO2S. The van der Waals surface area contributed by atoms with E-state index in [4.69, 9.17) is 4.74 Å². The minimum atomic E-state index is 0.00490. The fourth-order valence-electron chi connectivity index (χ4n) is 1.77. The van der Waals surface area contributed by atoms with Crippen molar-refractivity contribution in [2.75, 3.05) is 25.6 Å². The number of benzene rings is 1. The second-order valence-electron chi connectivity index (χ2n) is 4.66. The molecule has 0 aromatic heterocycles. The van der Waals surface area contributed by atoms with Crippen LogP contribution in [0, 0.1) is 5.41 Å². The first-order valence-corrected chi connectivity index (χ1v) is 7.55. The Hall–Kier alpha value is -0.0300. The number of ether oxygens (including phenoxy) is 1. The molecule has 0 radical (unpaired) electrons. The highest BCUT2D eigenvalue weighted by atomic mass is 79.9. The Morgan fingerprint density at radius 1 is 1.53 bits per heavy atom. The Morgan fingerprint density at radius 3 is 2.82 bits per heavy atom. The van der Waals surface area contributed by atoms with Crippen LogP contribution in [-0.2, 0) is 4.74 Å². The van der Waals surface area contributed by atoms with E-state index in [-0.39, 0.29) is 12.0 Å². The summed E-state index contributed by atoms with van der Waals surface area (Å²) in [5, 5.41) is 9.80. The van der Waals surface area contributed by atoms with E-state index in [1.807, 2.05) is 17.8 Å². The lowest BCUT2D eigenvalue weighted by atomic mass is 9.90. The summed E-state index contributed by atoms with van der Waals surface area (Å²) in [5.74, 6) is 0.956. The Bertz CT molecular complexity index is 374. The molecule has 0 aliphatic carbocycles. The molecular weight excluding hydrogens is 300 g/mol. The number of aliphatic hydroxyl groups is 1. The molecule has 1 aromatic rings. The fraction of sp³-hybridized carbons (Fsp3) is 0.538. The van der Waals surface area contributed by atoms with Gasteiger partial charge in [0.05, 0.1) is 19.8 Å². The average Bonchev–Trinajstić information content (AvgIpc) is 2.28. The van der Waals surface area contributed by atoms with Crippen LogP contribution in [0.5, 0.6) is 0 Å². The van der Waals surface area contributed by atoms with E-state index in [9.17, 15) is 5.11 Å². The van der Waals surface area contributed by atoms with Crippen LogP contribution in [-0.4, -0.2) is 30.7 Å². The minimum Gasteiger partial charge on any atom is -0.396 e. The van der Waals surface area contributed by atoms with Crippen LogP contribution >= 0.6 is 27.7 Å². The van der Waals surface area contributed by atoms with E-state index in [2.05, 4.69) is 41.1 Å². The van der Waals surface area contributed by atoms with Crippen molar-refractivity contribution in [2.45, 2.75) is 12.2 Å². The van der Waals surface area contributed by atoms with Gasteiger partial charge in [0, 0.05) is 20.9 Å². The van der Waals surface area contributed by atoms with Gasteiger partial charge in [-0.2, -0.15) is 11.8 Å². The van der Waals surface area contributed by atoms with Crippen LogP contribution in [0.25, 0.3) is 0 Å². The van der Waals surface area contributed by atoms with Gasteiger partial charge in [-0.15, -0.1) is 0 Å². The summed E-state index contributed by atoms with van der Waals surface area (Å²) in [6.45, 7) is 3.83. The van der Waals surface area contributed by atoms with Crippen LogP contribution in [0.1, 0.15) is 17.7 Å². The van der Waals surface area contributed by atoms with Gasteiger partial charge in [-0.25, -0.2) is 0 Å². The lowest BCUT2D eigenvalue weighted by molar-refractivity contribution is -0.121. The highest BCUT2D eigenvalue weighted by molar-refractivity contribution is 9.10. The van der Waals surface area contributed by atoms with E-state index in [0.717, 1.165) is 10.2 Å². The molecule has 94 valence electrons. The third-order valence-electron chi connectivity index (χ3n) is 3.11. The molecule has 17 heavy (non-hydrogen) atoms. The number of rotatable bonds is 5. The second-order valence-corrected chi connectivity index (χ2v) is 6.90. The molecule has 1 N–H and O–H groups in total. The van der Waals surface area contributed by atoms with Gasteiger partial charge in [0.15, 0.2) is 0 Å². The van der Waals surface area contributed by atoms with Crippen LogP contribution in [0.3, 0.4) is 0 Å². The molecule has 1 atom stereocenters. The van der Waals surface area contributed by atoms with Crippen LogP contribution in [0.2, 0.25) is 0 Å². The van der Waals surface area contributed by atoms with Crippen molar-refractivity contribution in [3.63, 3.8) is 0 Å². The van der Waals surface area contributed by atoms with E-state index < -0.39 is 0 Å². The minimum absolute atomic E-state index is 0.00490. The molecule has 2 nitrogen and oxygen atoms in total. The van der Waals surface area contributed by atoms with Gasteiger partial charge in [0.1, 0.15) is 0 Å². The molecule has 1 aliphatic rings. The average molecular weight is 317 g/mol. The first-order valence-electron chi connectivity index (χ1n) is 5.71. The van der Waals surface area contributed by atoms with Gasteiger partial charge in [0.25, 0.3) is 0 Å². The SMILES string of the molecule is CC(SCC1(CO)COC1)c1cccc(Br)c1. The molecule has 1 fully saturated rings. The van der Waals surface area contributed by atoms with Crippen molar-refractivity contribution >= 4 is 27.7 Å². The number of thioether (sulfide) groups is 1. The normalized spacial score (nSPS) is 19.7. The summed E-state index contributed by atoms with van der Waals surface area (Å²) in [5.41, 5.74) is 1.32. The topological polar surface area (TPSA) is 29.5 Å². The Balaban J connectivity index is 1.91. The van der Waals surface area contributed by atoms with Gasteiger partial charge in [-0.3, -0.25) is 0 Å². The summed E-state index contributed by atoms with van der Waals surface area (Å²) in [4.78, 5) is 0. The molecule has 0 amide bonds. The molecule has 0 bridgehead atoms. The third kappa shape index (κ3) is 3.25. The summed E-state index contributed by atoms with van der Waals surface area (Å²) >= 11 is 5.38. The van der Waals surface area contributed by atoms with Gasteiger partial charge in [-0.05, 0) is 24.6 Å². The van der Waals surface area contributed by atoms with Crippen LogP contribution in [0.15, 0.2) is 28.7 Å². The predicted octanol–water partition coefficient (Wildman–Crippen LogP) is 3.25. The molecule has 0 spiro atoms. The lowest BCUT2D eigenvalue weighted by Gasteiger charge is -2.40. The number of halogens is 1. The molecule has 1 saturated heterocycles. The van der Waals surface area contributed by atoms with E-state index in [1.54, 1.807) is 0 Å². The smallest absolute Gasteiger partial charge is 0.0575 e. The Kier molecular flexibility index (Phi) is 4.53. The summed E-state index contributed by atoms with van der Waals surface area (Å²) < 4.78 is 6.32. The quantitative estimate of drug-likeness (QED) is 0.904. The molecule has 0 saturated carbocycles. The first kappa shape index (κ1) is 13.4. The van der Waals surface area contributed by atoms with Crippen molar-refractivity contribution in [3.8, 4) is 0 Å². The molecule has 1 heterocycles. The Morgan fingerprint density at radius 2 is 2.29 bits per heavy atom. The van der Waals surface area contributed by atoms with E-state index >= 15 is 0 Å². The standard InChI is InChI=1S/C13H17BrO2S/c1-10(11-3-2-4-12(14)5-11)17-9-13(6-15)7-16-8-13/h2-5,10,15H,6-9H2,1H3. The fourth-order valence-corrected chi connectivity index (χ4v) is 3.39. The summed E-state index contributed by atoms with van der Waals surface area (Å²) in [6, 6.07) is 8.40. The van der Waals surface area contributed by atoms with Crippen molar-refractivity contribution < 1.29 is 9.84 Å². The van der Waals surface area contributed by atoms with Crippen LogP contribution < -0.4 is 0 Å². The highest BCUT2D eigenvalue weighted by Crippen LogP contribution is 2.37. The van der Waals surface area contributed by atoms with Crippen LogP contribution in [0.4, 0.5) is 0 Å². The number of hydrogen-bond acceptors (Lipinski definition) is 3. The largest absolute Gasteiger partial charge is 0.396 e. The second kappa shape index (κ2) is 5.74. The molecule has 1 aliphatic heterocycles. The summed E-state index contributed by atoms with van der Waals surface area (Å²) in [7, 11) is 0. The maximum Gasteiger partial charge on any atom is 0.0575 e. The zero-order chi connectivity index (χ0) is 12.3. The molecule has 4 heteroatoms. The van der Waals surface area contributed by atoms with E-state index in [1.165, 1.54) is 5.56 Å². The predicted molar refractivity (Wildman–Crippen MR) is 75.4 cm³/mol. The zero-order valence-corrected chi connectivity index (χ0v) is 12.3. The van der Waals surface area contributed by atoms with Gasteiger partial charge in [0.2, 0.25) is 0 Å². The lowest BCUT2D eigenvalue weighted by Crippen LogP contribution is -2.47. The summed E-state index contributed by atoms with van der Waals surface area (Å²) in [6.07, 6.45) is 0. The molecule has 2 rings (SSSR count). The van der Waals surface area contributed by atoms with Crippen molar-refractivity contribution in [1.29, 1.82) is 0 Å². The Labute approximate surface area is 115 Å². The monoisotopic (exact) mass is 316 g/mol. The maximum absolute atomic E-state index is 9.36. The van der Waals surface area contributed by atoms with Crippen molar-refractivity contribution in [3.05, 3.63) is 34.3 Å². The highest BCUT2D eigenvalue weighted by Gasteiger charge is 2.38. The van der Waals surface area contributed by atoms with Gasteiger partial charge < -0.3 is 9.84 Å². The van der Waals surface area contributed by atoms with Gasteiger partial charge in [-0.1, -0.05) is 28.1 Å². The zero-order valence-electron chi connectivity index (χ0n) is 9.86. The molecule has 1 aromatic carbocycles. The number of aliphatic hydroxyl groups excluding tert-OH is 1. The first-order chi connectivity index (χ1) is 8.15. The molecule has 1 unspecified atom stereocenters. The third-order valence-corrected chi connectivity index (χ3v) is 5.15. The van der Waals surface area contributed by atoms with E-state index in [0.29, 0.717) is 18.5 Å². The van der Waals surface area contributed by atoms with Crippen molar-refractivity contribution in [2.24, 2.45) is 5.41 Å². The van der Waals surface area contributed by atoms with Gasteiger partial charge >= 0.3 is 0 Å². The number of hydrogen-bond donors (Lipinski definition) is 1.